The van der Waals surface area contributed by atoms with Crippen molar-refractivity contribution in [3.8, 4) is 0 Å². The van der Waals surface area contributed by atoms with Crippen molar-refractivity contribution >= 4 is 0 Å². The summed E-state index contributed by atoms with van der Waals surface area (Å²) in [7, 11) is 0. The smallest absolute Gasteiger partial charge is 0.0704 e. The fraction of sp³-hybridized carbons (Fsp3) is 1.00. The third-order valence-electron chi connectivity index (χ3n) is 3.94. The van der Waals surface area contributed by atoms with Crippen molar-refractivity contribution in [2.75, 3.05) is 13.1 Å². The van der Waals surface area contributed by atoms with E-state index < -0.39 is 0 Å². The van der Waals surface area contributed by atoms with Crippen LogP contribution < -0.4 is 5.32 Å². The molecule has 1 heterocycles. The van der Waals surface area contributed by atoms with Gasteiger partial charge in [-0.15, -0.1) is 0 Å². The number of hydrogen-bond donors (Lipinski definition) is 2. The quantitative estimate of drug-likeness (QED) is 0.768. The standard InChI is InChI=1S/C13H25NO2/c1-10-2-7-13(16-10)9-14-8-11-3-5-12(15)6-4-11/h10-15H,2-9H2,1H3. The molecule has 1 aliphatic carbocycles. The molecule has 0 aromatic heterocycles. The number of hydrogen-bond acceptors (Lipinski definition) is 3. The van der Waals surface area contributed by atoms with Crippen molar-refractivity contribution in [3.05, 3.63) is 0 Å². The summed E-state index contributed by atoms with van der Waals surface area (Å²) < 4.78 is 5.77. The fourth-order valence-electron chi connectivity index (χ4n) is 2.83. The Balaban J connectivity index is 1.54. The van der Waals surface area contributed by atoms with Crippen molar-refractivity contribution in [3.63, 3.8) is 0 Å². The van der Waals surface area contributed by atoms with E-state index >= 15 is 0 Å². The topological polar surface area (TPSA) is 41.5 Å². The molecule has 0 aromatic rings. The second kappa shape index (κ2) is 5.99. The summed E-state index contributed by atoms with van der Waals surface area (Å²) in [5, 5.41) is 12.9. The Morgan fingerprint density at radius 2 is 1.81 bits per heavy atom. The van der Waals surface area contributed by atoms with Crippen LogP contribution >= 0.6 is 0 Å². The average molecular weight is 227 g/mol. The van der Waals surface area contributed by atoms with Crippen LogP contribution in [0.4, 0.5) is 0 Å². The molecule has 3 nitrogen and oxygen atoms in total. The number of ether oxygens (including phenoxy) is 1. The third-order valence-corrected chi connectivity index (χ3v) is 3.94. The molecule has 1 saturated carbocycles. The second-order valence-corrected chi connectivity index (χ2v) is 5.48. The van der Waals surface area contributed by atoms with Crippen LogP contribution in [0.2, 0.25) is 0 Å². The van der Waals surface area contributed by atoms with Crippen molar-refractivity contribution in [1.82, 2.24) is 5.32 Å². The molecule has 94 valence electrons. The van der Waals surface area contributed by atoms with E-state index in [0.717, 1.165) is 31.8 Å². The van der Waals surface area contributed by atoms with Gasteiger partial charge in [-0.25, -0.2) is 0 Å². The molecule has 2 atom stereocenters. The van der Waals surface area contributed by atoms with Crippen LogP contribution in [0.5, 0.6) is 0 Å². The first-order valence-corrected chi connectivity index (χ1v) is 6.78. The van der Waals surface area contributed by atoms with Gasteiger partial charge < -0.3 is 15.2 Å². The Morgan fingerprint density at radius 3 is 2.44 bits per heavy atom. The summed E-state index contributed by atoms with van der Waals surface area (Å²) in [5.41, 5.74) is 0. The van der Waals surface area contributed by atoms with Gasteiger partial charge in [0.25, 0.3) is 0 Å². The minimum Gasteiger partial charge on any atom is -0.393 e. The van der Waals surface area contributed by atoms with Crippen LogP contribution in [-0.4, -0.2) is 36.5 Å². The first kappa shape index (κ1) is 12.3. The molecule has 0 aromatic carbocycles. The summed E-state index contributed by atoms with van der Waals surface area (Å²) in [6.07, 6.45) is 7.61. The Bertz CT molecular complexity index is 202. The molecule has 1 aliphatic heterocycles. The monoisotopic (exact) mass is 227 g/mol. The maximum atomic E-state index is 9.41. The van der Waals surface area contributed by atoms with E-state index in [4.69, 9.17) is 4.74 Å². The van der Waals surface area contributed by atoms with Crippen molar-refractivity contribution in [2.45, 2.75) is 63.8 Å². The van der Waals surface area contributed by atoms with Gasteiger partial charge in [-0.1, -0.05) is 0 Å². The van der Waals surface area contributed by atoms with E-state index in [-0.39, 0.29) is 6.10 Å². The normalized spacial score (nSPS) is 40.1. The number of aliphatic hydroxyl groups is 1. The highest BCUT2D eigenvalue weighted by atomic mass is 16.5. The predicted octanol–water partition coefficient (Wildman–Crippen LogP) is 1.69. The Morgan fingerprint density at radius 1 is 1.06 bits per heavy atom. The summed E-state index contributed by atoms with van der Waals surface area (Å²) >= 11 is 0. The van der Waals surface area contributed by atoms with E-state index in [2.05, 4.69) is 12.2 Å². The molecule has 2 N–H and O–H groups in total. The molecule has 16 heavy (non-hydrogen) atoms. The minimum absolute atomic E-state index is 0.0322. The Kier molecular flexibility index (Phi) is 4.62. The van der Waals surface area contributed by atoms with Crippen molar-refractivity contribution in [1.29, 1.82) is 0 Å². The van der Waals surface area contributed by atoms with E-state index in [1.54, 1.807) is 0 Å². The molecule has 3 heteroatoms. The molecule has 1 saturated heterocycles. The van der Waals surface area contributed by atoms with E-state index in [1.165, 1.54) is 25.7 Å². The molecule has 2 rings (SSSR count). The number of aliphatic hydroxyl groups excluding tert-OH is 1. The second-order valence-electron chi connectivity index (χ2n) is 5.48. The maximum absolute atomic E-state index is 9.41. The Labute approximate surface area is 98.6 Å². The summed E-state index contributed by atoms with van der Waals surface area (Å²) in [5.74, 6) is 0.766. The van der Waals surface area contributed by atoms with Gasteiger partial charge in [-0.3, -0.25) is 0 Å². The van der Waals surface area contributed by atoms with Crippen LogP contribution in [-0.2, 0) is 4.74 Å². The van der Waals surface area contributed by atoms with Gasteiger partial charge in [0.05, 0.1) is 18.3 Å². The summed E-state index contributed by atoms with van der Waals surface area (Å²) in [4.78, 5) is 0. The van der Waals surface area contributed by atoms with Crippen LogP contribution in [0.3, 0.4) is 0 Å². The molecule has 0 spiro atoms. The zero-order valence-electron chi connectivity index (χ0n) is 10.3. The average Bonchev–Trinajstić information content (AvgIpc) is 2.67. The molecule has 0 amide bonds. The molecule has 0 radical (unpaired) electrons. The molecular formula is C13H25NO2. The largest absolute Gasteiger partial charge is 0.393 e. The van der Waals surface area contributed by atoms with E-state index in [9.17, 15) is 5.11 Å². The van der Waals surface area contributed by atoms with Gasteiger partial charge in [0.2, 0.25) is 0 Å². The zero-order chi connectivity index (χ0) is 11.4. The number of nitrogens with one attached hydrogen (secondary N) is 1. The Hall–Kier alpha value is -0.120. The lowest BCUT2D eigenvalue weighted by molar-refractivity contribution is 0.0541. The van der Waals surface area contributed by atoms with Gasteiger partial charge in [0, 0.05) is 6.54 Å². The molecule has 0 bridgehead atoms. The lowest BCUT2D eigenvalue weighted by atomic mass is 9.87. The SMILES string of the molecule is CC1CCC(CNCC2CCC(O)CC2)O1. The maximum Gasteiger partial charge on any atom is 0.0704 e. The van der Waals surface area contributed by atoms with Crippen LogP contribution in [0, 0.1) is 5.92 Å². The van der Waals surface area contributed by atoms with Gasteiger partial charge in [-0.05, 0) is 57.9 Å². The van der Waals surface area contributed by atoms with Gasteiger partial charge >= 0.3 is 0 Å². The van der Waals surface area contributed by atoms with Crippen LogP contribution in [0.1, 0.15) is 45.4 Å². The highest BCUT2D eigenvalue weighted by Crippen LogP contribution is 2.23. The zero-order valence-corrected chi connectivity index (χ0v) is 10.3. The minimum atomic E-state index is -0.0322. The van der Waals surface area contributed by atoms with Crippen LogP contribution in [0.15, 0.2) is 0 Å². The van der Waals surface area contributed by atoms with Gasteiger partial charge in [0.15, 0.2) is 0 Å². The summed E-state index contributed by atoms with van der Waals surface area (Å²) in [6, 6.07) is 0. The molecular weight excluding hydrogens is 202 g/mol. The van der Waals surface area contributed by atoms with Crippen molar-refractivity contribution in [2.24, 2.45) is 5.92 Å². The highest BCUT2D eigenvalue weighted by molar-refractivity contribution is 4.76. The highest BCUT2D eigenvalue weighted by Gasteiger charge is 2.22. The fourth-order valence-corrected chi connectivity index (χ4v) is 2.83. The molecule has 2 fully saturated rings. The molecule has 2 aliphatic rings. The van der Waals surface area contributed by atoms with E-state index in [1.807, 2.05) is 0 Å². The third kappa shape index (κ3) is 3.72. The predicted molar refractivity (Wildman–Crippen MR) is 64.4 cm³/mol. The van der Waals surface area contributed by atoms with Gasteiger partial charge in [-0.2, -0.15) is 0 Å². The van der Waals surface area contributed by atoms with Crippen molar-refractivity contribution < 1.29 is 9.84 Å². The first-order chi connectivity index (χ1) is 7.74. The van der Waals surface area contributed by atoms with E-state index in [0.29, 0.717) is 12.2 Å². The lowest BCUT2D eigenvalue weighted by Crippen LogP contribution is -2.33. The van der Waals surface area contributed by atoms with Crippen LogP contribution in [0.25, 0.3) is 0 Å². The molecule has 2 unspecified atom stereocenters. The summed E-state index contributed by atoms with van der Waals surface area (Å²) in [6.45, 7) is 4.26. The van der Waals surface area contributed by atoms with Gasteiger partial charge in [0.1, 0.15) is 0 Å². The first-order valence-electron chi connectivity index (χ1n) is 6.78. The lowest BCUT2D eigenvalue weighted by Gasteiger charge is -2.26. The number of rotatable bonds is 4.